The van der Waals surface area contributed by atoms with E-state index in [1.807, 2.05) is 25.1 Å². The summed E-state index contributed by atoms with van der Waals surface area (Å²) >= 11 is 3.30. The summed E-state index contributed by atoms with van der Waals surface area (Å²) < 4.78 is 133. The van der Waals surface area contributed by atoms with E-state index in [4.69, 9.17) is 37.1 Å². The summed E-state index contributed by atoms with van der Waals surface area (Å²) in [4.78, 5) is 17.8. The van der Waals surface area contributed by atoms with Crippen LogP contribution in [-0.4, -0.2) is 126 Å². The number of hydrogen-bond donors (Lipinski definition) is 2. The molecule has 8 aromatic rings. The number of nitrogens with one attached hydrogen (secondary N) is 1. The Morgan fingerprint density at radius 1 is 0.631 bits per heavy atom. The van der Waals surface area contributed by atoms with Crippen molar-refractivity contribution in [3.8, 4) is 12.8 Å². The maximum atomic E-state index is 14.0. The third kappa shape index (κ3) is 27.3. The highest BCUT2D eigenvalue weighted by Crippen LogP contribution is 2.24. The topological polar surface area (TPSA) is 174 Å². The molecule has 14 nitrogen and oxygen atoms in total. The van der Waals surface area contributed by atoms with Crippen molar-refractivity contribution in [1.29, 1.82) is 0 Å². The van der Waals surface area contributed by atoms with Crippen molar-refractivity contribution in [2.45, 2.75) is 51.2 Å². The number of methoxy groups -OCH3 is 6. The number of hydrogen-bond acceptors (Lipinski definition) is 13. The molecule has 0 bridgehead atoms. The minimum Gasteiger partial charge on any atom is -0.355 e. The number of aldehydes is 1. The first-order chi connectivity index (χ1) is 41.0. The first-order valence-electron chi connectivity index (χ1n) is 25.7. The van der Waals surface area contributed by atoms with E-state index in [1.165, 1.54) is 75.1 Å². The number of sulfonamides is 1. The van der Waals surface area contributed by atoms with Crippen molar-refractivity contribution in [3.63, 3.8) is 0 Å². The molecule has 8 rings (SSSR count). The molecule has 0 saturated carbocycles. The van der Waals surface area contributed by atoms with Crippen molar-refractivity contribution in [2.24, 2.45) is 5.73 Å². The van der Waals surface area contributed by atoms with Crippen LogP contribution in [0.1, 0.15) is 37.4 Å². The second-order valence-electron chi connectivity index (χ2n) is 16.3. The van der Waals surface area contributed by atoms with Gasteiger partial charge in [0.2, 0.25) is 10.0 Å². The number of benzene rings is 6. The van der Waals surface area contributed by atoms with Gasteiger partial charge in [-0.3, -0.25) is 14.8 Å². The van der Waals surface area contributed by atoms with E-state index >= 15 is 0 Å². The van der Waals surface area contributed by atoms with Crippen LogP contribution in [0, 0.1) is 48.9 Å². The lowest BCUT2D eigenvalue weighted by atomic mass is 9.81. The second kappa shape index (κ2) is 44.7. The number of carbonyl (C=O) groups excluding carboxylic acids is 1. The van der Waals surface area contributed by atoms with Crippen LogP contribution in [0.15, 0.2) is 174 Å². The highest BCUT2D eigenvalue weighted by molar-refractivity contribution is 9.10. The fourth-order valence-corrected chi connectivity index (χ4v) is 8.49. The lowest BCUT2D eigenvalue weighted by Gasteiger charge is -2.26. The average Bonchev–Trinajstić information content (AvgIpc) is 2.01. The van der Waals surface area contributed by atoms with Gasteiger partial charge in [0.15, 0.2) is 25.2 Å². The normalized spacial score (nSPS) is 10.4. The van der Waals surface area contributed by atoms with E-state index in [9.17, 15) is 35.2 Å². The predicted octanol–water partition coefficient (Wildman–Crippen LogP) is 11.6. The number of carbonyl (C=O) groups is 1. The highest BCUT2D eigenvalue weighted by Gasteiger charge is 2.28. The zero-order chi connectivity index (χ0) is 64.2. The fraction of sp³-hybridized carbons (Fsp3) is 0.262. The van der Waals surface area contributed by atoms with Gasteiger partial charge in [-0.05, 0) is 82.8 Å². The van der Waals surface area contributed by atoms with Crippen LogP contribution in [0.25, 0.3) is 21.5 Å². The maximum absolute atomic E-state index is 14.0. The van der Waals surface area contributed by atoms with Crippen LogP contribution in [0.2, 0.25) is 0 Å². The largest absolute Gasteiger partial charge is 0.355 e. The summed E-state index contributed by atoms with van der Waals surface area (Å²) in [5.74, 6) is -1.57. The fourth-order valence-electron chi connectivity index (χ4n) is 6.62. The molecule has 0 amide bonds. The van der Waals surface area contributed by atoms with E-state index in [0.717, 1.165) is 25.1 Å². The zero-order valence-corrected chi connectivity index (χ0v) is 49.4. The van der Waals surface area contributed by atoms with Gasteiger partial charge >= 0.3 is 0 Å². The minimum atomic E-state index is -3.84. The van der Waals surface area contributed by atoms with Gasteiger partial charge in [-0.15, -0.1) is 12.8 Å². The number of nitrogens with two attached hydrogens (primary N) is 1. The molecule has 2 aromatic heterocycles. The van der Waals surface area contributed by atoms with E-state index in [1.54, 1.807) is 114 Å². The molecule has 0 spiro atoms. The molecular formula is C61H73B2BrF5N5O9S. The molecule has 3 N–H and O–H groups in total. The molecule has 450 valence electrons. The first-order valence-corrected chi connectivity index (χ1v) is 26.9. The van der Waals surface area contributed by atoms with Gasteiger partial charge in [0.05, 0.1) is 17.0 Å². The van der Waals surface area contributed by atoms with Gasteiger partial charge in [0, 0.05) is 144 Å². The van der Waals surface area contributed by atoms with Crippen molar-refractivity contribution in [3.05, 3.63) is 220 Å². The van der Waals surface area contributed by atoms with Gasteiger partial charge in [-0.2, -0.15) is 4.31 Å². The Balaban J connectivity index is 0. The molecule has 0 fully saturated rings. The Kier molecular flexibility index (Phi) is 40.0. The van der Waals surface area contributed by atoms with E-state index < -0.39 is 27.9 Å². The highest BCUT2D eigenvalue weighted by atomic mass is 79.9. The molecule has 0 saturated heterocycles. The number of pyridine rings is 2. The molecule has 23 heteroatoms. The Morgan fingerprint density at radius 3 is 1.60 bits per heavy atom. The number of terminal acetylenes is 1. The number of aryl methyl sites for hydroxylation is 1. The first kappa shape index (κ1) is 75.2. The van der Waals surface area contributed by atoms with Gasteiger partial charge in [0.25, 0.3) is 0 Å². The van der Waals surface area contributed by atoms with Crippen molar-refractivity contribution in [2.75, 3.05) is 62.3 Å². The Morgan fingerprint density at radius 2 is 1.12 bits per heavy atom. The van der Waals surface area contributed by atoms with Gasteiger partial charge < -0.3 is 39.5 Å². The summed E-state index contributed by atoms with van der Waals surface area (Å²) in [5.41, 5.74) is 7.13. The minimum absolute atomic E-state index is 0. The molecule has 84 heavy (non-hydrogen) atoms. The molecule has 6 aromatic carbocycles. The Hall–Kier alpha value is -6.78. The summed E-state index contributed by atoms with van der Waals surface area (Å²) in [6.45, 7) is 3.10. The van der Waals surface area contributed by atoms with E-state index in [-0.39, 0.29) is 66.6 Å². The molecule has 0 aliphatic rings. The van der Waals surface area contributed by atoms with Crippen molar-refractivity contribution >= 4 is 69.3 Å². The van der Waals surface area contributed by atoms with E-state index in [0.29, 0.717) is 42.3 Å². The summed E-state index contributed by atoms with van der Waals surface area (Å²) in [5, 5.41) is 5.92. The molecule has 0 aliphatic carbocycles. The third-order valence-electron chi connectivity index (χ3n) is 11.0. The lowest BCUT2D eigenvalue weighted by molar-refractivity contribution is -0.108. The third-order valence-corrected chi connectivity index (χ3v) is 13.5. The number of nitrogens with zero attached hydrogens (tertiary/aromatic N) is 3. The predicted molar refractivity (Wildman–Crippen MR) is 329 cm³/mol. The lowest BCUT2D eigenvalue weighted by Crippen LogP contribution is -2.38. The summed E-state index contributed by atoms with van der Waals surface area (Å²) in [6, 6.07) is 36.9. The average molecular weight is 1250 g/mol. The number of ether oxygens (including phenoxy) is 6. The van der Waals surface area contributed by atoms with Gasteiger partial charge in [-0.1, -0.05) is 97.9 Å². The molecule has 2 heterocycles. The van der Waals surface area contributed by atoms with Crippen LogP contribution in [-0.2, 0) is 51.5 Å². The molecule has 0 unspecified atom stereocenters. The van der Waals surface area contributed by atoms with Crippen molar-refractivity contribution < 1.29 is 66.6 Å². The number of halogens is 6. The molecular weight excluding hydrogens is 1180 g/mol. The quantitative estimate of drug-likeness (QED) is 0.0273. The molecule has 4 radical (unpaired) electrons. The van der Waals surface area contributed by atoms with Crippen LogP contribution in [0.3, 0.4) is 0 Å². The summed E-state index contributed by atoms with van der Waals surface area (Å²) in [6.07, 6.45) is 13.6. The van der Waals surface area contributed by atoms with E-state index in [2.05, 4.69) is 59.5 Å². The van der Waals surface area contributed by atoms with Crippen molar-refractivity contribution in [1.82, 2.24) is 19.6 Å². The SMILES string of the molecule is C.C#C.COC(CN(Cc1ccccc1F)S(=O)(=O)c1ccc(C)cc1)OC.COC(CN)OC.COC(CNCc1ccccc1F)OC.Fc1cccc2c(Br)cncc12.Fc1cccc2ccncc12.O=Cc1ccccc1F.[2H][2H].[B][B]. The maximum Gasteiger partial charge on any atom is 0.243 e. The zero-order valence-electron chi connectivity index (χ0n) is 49.0. The number of aromatic nitrogens is 2. The van der Waals surface area contributed by atoms with Crippen LogP contribution in [0.5, 0.6) is 0 Å². The van der Waals surface area contributed by atoms with Crippen LogP contribution in [0.4, 0.5) is 22.0 Å². The Bertz CT molecular complexity index is 3170. The van der Waals surface area contributed by atoms with Gasteiger partial charge in [-0.25, -0.2) is 30.4 Å². The standard InChI is InChI=1S/C18H22FNO4S.C11H16FNO2.C9H5BrFN.C9H6FN.C7H5FO.C4H11NO2.C2H2.CH4.B2.H2/c1-14-8-10-16(11-9-14)25(21,22)20(13-18(23-2)24-3)12-15-6-4-5-7-17(15)19;1-14-11(15-2)8-13-7-9-5-3-4-6-10(9)12;10-8-5-12-4-7-6(8)2-1-3-9(7)11;10-9-3-1-2-7-4-5-11-6-8(7)9;8-7-4-2-1-3-6(7)5-9;1-6-4(3-5)7-2;1-2;;1-2;/h4-11,18H,12-13H2,1-3H3;3-6,11,13H,7-8H2,1-2H3;1-5H;1-6H;1-5H;4H,3,5H2,1-2H3;1-2H;1H4;;1H/i;;;;;;;;;1+1D. The smallest absolute Gasteiger partial charge is 0.243 e. The molecule has 0 aliphatic heterocycles. The summed E-state index contributed by atoms with van der Waals surface area (Å²) in [7, 11) is 13.3. The number of fused-ring (bicyclic) bond motifs is 2. The van der Waals surface area contributed by atoms with Crippen LogP contribution < -0.4 is 11.1 Å². The Labute approximate surface area is 505 Å². The van der Waals surface area contributed by atoms with Crippen LogP contribution >= 0.6 is 15.9 Å². The second-order valence-corrected chi connectivity index (χ2v) is 19.1. The molecule has 0 atom stereocenters. The van der Waals surface area contributed by atoms with Gasteiger partial charge in [0.1, 0.15) is 29.1 Å². The number of rotatable bonds is 18. The monoisotopic (exact) mass is 1250 g/mol.